The molecule has 1 fully saturated rings. The van der Waals surface area contributed by atoms with E-state index in [1.165, 1.54) is 0 Å². The fourth-order valence-electron chi connectivity index (χ4n) is 7.13. The summed E-state index contributed by atoms with van der Waals surface area (Å²) in [5.41, 5.74) is 21.6. The molecule has 1 saturated carbocycles. The topological polar surface area (TPSA) is 182 Å². The minimum atomic E-state index is -0.688. The third-order valence-corrected chi connectivity index (χ3v) is 9.68. The number of carbonyl (C=O) groups excluding carboxylic acids is 2. The predicted octanol–water partition coefficient (Wildman–Crippen LogP) is 4.25. The van der Waals surface area contributed by atoms with Gasteiger partial charge in [-0.05, 0) is 80.2 Å². The summed E-state index contributed by atoms with van der Waals surface area (Å²) in [6, 6.07) is 14.3. The monoisotopic (exact) mass is 606 g/mol. The Balaban J connectivity index is 1.31. The molecule has 2 aromatic carbocycles. The quantitative estimate of drug-likeness (QED) is 0.148. The standard InChI is InChI=1S/C35H42N8O2/c36-20-22-8-10-24(11-9-22)33(45)39-18-16-23-5-1-2-7-28(23)35(17-4-3-6-26(35)13-15-31(37)44)34-40-21-30(41-34)25-12-14-27-29(19-25)42-43-32(27)38/h1-7,12,14,17,19,21-22,24,26H,8-11,13,15-16,18,20,36H2,(H2,37,44)(H,39,45)(H,40,41)(H3,38,42,43)/t22?,24?,26?,35-/m0/s1. The summed E-state index contributed by atoms with van der Waals surface area (Å²) in [7, 11) is 0. The van der Waals surface area contributed by atoms with Crippen LogP contribution >= 0.6 is 0 Å². The van der Waals surface area contributed by atoms with Gasteiger partial charge >= 0.3 is 0 Å². The van der Waals surface area contributed by atoms with Crippen LogP contribution in [0, 0.1) is 17.8 Å². The van der Waals surface area contributed by atoms with E-state index >= 15 is 0 Å². The molecule has 4 aromatic rings. The van der Waals surface area contributed by atoms with E-state index in [1.807, 2.05) is 48.7 Å². The first kappa shape index (κ1) is 30.3. The third kappa shape index (κ3) is 6.15. The average Bonchev–Trinajstić information content (AvgIpc) is 3.71. The highest BCUT2D eigenvalue weighted by molar-refractivity contribution is 5.91. The number of anilines is 1. The van der Waals surface area contributed by atoms with Crippen LogP contribution in [0.15, 0.2) is 73.0 Å². The van der Waals surface area contributed by atoms with Crippen molar-refractivity contribution < 1.29 is 9.59 Å². The van der Waals surface area contributed by atoms with Crippen molar-refractivity contribution in [1.29, 1.82) is 0 Å². The fraction of sp³-hybridized carbons (Fsp3) is 0.371. The van der Waals surface area contributed by atoms with E-state index in [1.54, 1.807) is 0 Å². The Kier molecular flexibility index (Phi) is 8.84. The highest BCUT2D eigenvalue weighted by atomic mass is 16.2. The van der Waals surface area contributed by atoms with Crippen LogP contribution in [0.5, 0.6) is 0 Å². The molecule has 0 spiro atoms. The maximum atomic E-state index is 13.0. The Labute approximate surface area is 262 Å². The van der Waals surface area contributed by atoms with Gasteiger partial charge in [0.1, 0.15) is 5.82 Å². The van der Waals surface area contributed by atoms with Crippen molar-refractivity contribution in [3.8, 4) is 11.3 Å². The van der Waals surface area contributed by atoms with Gasteiger partial charge in [0.15, 0.2) is 5.82 Å². The van der Waals surface area contributed by atoms with Crippen LogP contribution < -0.4 is 22.5 Å². The van der Waals surface area contributed by atoms with E-state index in [-0.39, 0.29) is 30.1 Å². The summed E-state index contributed by atoms with van der Waals surface area (Å²) < 4.78 is 0. The Morgan fingerprint density at radius 1 is 1.07 bits per heavy atom. The fourth-order valence-corrected chi connectivity index (χ4v) is 7.13. The summed E-state index contributed by atoms with van der Waals surface area (Å²) in [5.74, 6) is 1.52. The maximum Gasteiger partial charge on any atom is 0.223 e. The number of nitrogens with zero attached hydrogens (tertiary/aromatic N) is 2. The summed E-state index contributed by atoms with van der Waals surface area (Å²) in [6.07, 6.45) is 15.5. The second kappa shape index (κ2) is 13.1. The Hall–Kier alpha value is -4.70. The zero-order valence-electron chi connectivity index (χ0n) is 25.5. The molecular weight excluding hydrogens is 564 g/mol. The van der Waals surface area contributed by atoms with E-state index < -0.39 is 5.41 Å². The van der Waals surface area contributed by atoms with Crippen molar-refractivity contribution in [2.24, 2.45) is 29.2 Å². The first-order valence-electron chi connectivity index (χ1n) is 15.9. The van der Waals surface area contributed by atoms with Crippen molar-refractivity contribution in [2.45, 2.75) is 50.4 Å². The number of allylic oxidation sites excluding steroid dienone is 4. The number of imidazole rings is 1. The van der Waals surface area contributed by atoms with Crippen molar-refractivity contribution in [3.05, 3.63) is 89.9 Å². The molecule has 2 aliphatic rings. The molecule has 6 rings (SSSR count). The zero-order valence-corrected chi connectivity index (χ0v) is 25.5. The summed E-state index contributed by atoms with van der Waals surface area (Å²) in [4.78, 5) is 33.6. The number of nitrogens with two attached hydrogens (primary N) is 3. The number of rotatable bonds is 11. The van der Waals surface area contributed by atoms with Gasteiger partial charge in [-0.15, -0.1) is 0 Å². The van der Waals surface area contributed by atoms with Gasteiger partial charge < -0.3 is 27.5 Å². The van der Waals surface area contributed by atoms with E-state index in [9.17, 15) is 9.59 Å². The smallest absolute Gasteiger partial charge is 0.223 e. The van der Waals surface area contributed by atoms with Crippen LogP contribution in [0.2, 0.25) is 0 Å². The highest BCUT2D eigenvalue weighted by Crippen LogP contribution is 2.46. The molecule has 10 nitrogen and oxygen atoms in total. The molecule has 45 heavy (non-hydrogen) atoms. The van der Waals surface area contributed by atoms with Gasteiger partial charge in [0.05, 0.1) is 22.8 Å². The van der Waals surface area contributed by atoms with Crippen molar-refractivity contribution >= 4 is 28.5 Å². The molecule has 0 radical (unpaired) electrons. The normalized spacial score (nSPS) is 22.9. The number of carbonyl (C=O) groups is 2. The molecular formula is C35H42N8O2. The Bertz CT molecular complexity index is 1730. The number of nitrogen functional groups attached to an aromatic ring is 1. The summed E-state index contributed by atoms with van der Waals surface area (Å²) >= 11 is 0. The number of amides is 2. The number of nitrogens with one attached hydrogen (secondary N) is 3. The minimum absolute atomic E-state index is 0.0536. The number of aromatic nitrogens is 4. The van der Waals surface area contributed by atoms with Crippen molar-refractivity contribution in [1.82, 2.24) is 25.5 Å². The molecule has 0 bridgehead atoms. The number of aromatic amines is 2. The van der Waals surface area contributed by atoms with Gasteiger partial charge in [-0.25, -0.2) is 4.98 Å². The lowest BCUT2D eigenvalue weighted by Gasteiger charge is -2.39. The SMILES string of the molecule is NCC1CCC(C(=O)NCCc2ccccc2[C@]2(c3ncc(-c4ccc5c(N)n[nH]c5c4)[nH]3)C=CC=CC2CCC(N)=O)CC1. The van der Waals surface area contributed by atoms with E-state index in [4.69, 9.17) is 22.2 Å². The van der Waals surface area contributed by atoms with Crippen LogP contribution in [0.3, 0.4) is 0 Å². The van der Waals surface area contributed by atoms with Gasteiger partial charge in [-0.1, -0.05) is 54.6 Å². The Morgan fingerprint density at radius 2 is 1.89 bits per heavy atom. The molecule has 2 aliphatic carbocycles. The van der Waals surface area contributed by atoms with Gasteiger partial charge in [-0.2, -0.15) is 5.10 Å². The second-order valence-corrected chi connectivity index (χ2v) is 12.4. The number of primary amides is 1. The summed E-state index contributed by atoms with van der Waals surface area (Å²) in [5, 5.41) is 11.2. The number of hydrogen-bond acceptors (Lipinski definition) is 6. The average molecular weight is 607 g/mol. The minimum Gasteiger partial charge on any atom is -0.382 e. The van der Waals surface area contributed by atoms with E-state index in [0.717, 1.165) is 64.8 Å². The Morgan fingerprint density at radius 3 is 2.69 bits per heavy atom. The molecule has 2 aromatic heterocycles. The molecule has 10 heteroatoms. The van der Waals surface area contributed by atoms with Gasteiger partial charge in [0.25, 0.3) is 0 Å². The molecule has 0 saturated heterocycles. The van der Waals surface area contributed by atoms with Crippen LogP contribution in [-0.2, 0) is 21.4 Å². The number of benzene rings is 2. The van der Waals surface area contributed by atoms with Crippen LogP contribution in [0.25, 0.3) is 22.2 Å². The van der Waals surface area contributed by atoms with Crippen molar-refractivity contribution in [3.63, 3.8) is 0 Å². The lowest BCUT2D eigenvalue weighted by atomic mass is 9.64. The molecule has 2 heterocycles. The molecule has 0 aliphatic heterocycles. The zero-order chi connectivity index (χ0) is 31.4. The second-order valence-electron chi connectivity index (χ2n) is 12.4. The molecule has 2 atom stereocenters. The summed E-state index contributed by atoms with van der Waals surface area (Å²) in [6.45, 7) is 1.23. The predicted molar refractivity (Wildman–Crippen MR) is 177 cm³/mol. The molecule has 9 N–H and O–H groups in total. The first-order valence-corrected chi connectivity index (χ1v) is 15.9. The van der Waals surface area contributed by atoms with Crippen LogP contribution in [0.4, 0.5) is 5.82 Å². The number of H-pyrrole nitrogens is 2. The van der Waals surface area contributed by atoms with Crippen molar-refractivity contribution in [2.75, 3.05) is 18.8 Å². The van der Waals surface area contributed by atoms with Crippen LogP contribution in [0.1, 0.15) is 55.5 Å². The first-order chi connectivity index (χ1) is 21.9. The molecule has 234 valence electrons. The van der Waals surface area contributed by atoms with E-state index in [0.29, 0.717) is 37.7 Å². The van der Waals surface area contributed by atoms with Gasteiger partial charge in [-0.3, -0.25) is 14.7 Å². The highest BCUT2D eigenvalue weighted by Gasteiger charge is 2.43. The maximum absolute atomic E-state index is 13.0. The van der Waals surface area contributed by atoms with Gasteiger partial charge in [0, 0.05) is 29.8 Å². The number of hydrogen-bond donors (Lipinski definition) is 6. The molecule has 2 amide bonds. The van der Waals surface area contributed by atoms with E-state index in [2.05, 4.69) is 44.8 Å². The molecule has 1 unspecified atom stereocenters. The largest absolute Gasteiger partial charge is 0.382 e. The third-order valence-electron chi connectivity index (χ3n) is 9.68. The number of fused-ring (bicyclic) bond motifs is 1. The lowest BCUT2D eigenvalue weighted by molar-refractivity contribution is -0.126. The van der Waals surface area contributed by atoms with Gasteiger partial charge in [0.2, 0.25) is 11.8 Å². The van der Waals surface area contributed by atoms with Crippen LogP contribution in [-0.4, -0.2) is 45.1 Å². The lowest BCUT2D eigenvalue weighted by Crippen LogP contribution is -2.38.